The highest BCUT2D eigenvalue weighted by Crippen LogP contribution is 2.21. The maximum absolute atomic E-state index is 11.4. The molecule has 4 heteroatoms. The van der Waals surface area contributed by atoms with Crippen molar-refractivity contribution < 1.29 is 4.79 Å². The van der Waals surface area contributed by atoms with E-state index in [0.29, 0.717) is 18.2 Å². The van der Waals surface area contributed by atoms with E-state index in [1.165, 1.54) is 24.8 Å². The Balaban J connectivity index is 2.02. The number of aryl methyl sites for hydroxylation is 1. The van der Waals surface area contributed by atoms with Crippen LogP contribution >= 0.6 is 0 Å². The summed E-state index contributed by atoms with van der Waals surface area (Å²) in [6.45, 7) is 6.75. The van der Waals surface area contributed by atoms with Gasteiger partial charge < -0.3 is 0 Å². The van der Waals surface area contributed by atoms with Crippen LogP contribution in [0.4, 0.5) is 0 Å². The Bertz CT molecular complexity index is 413. The highest BCUT2D eigenvalue weighted by Gasteiger charge is 2.22. The smallest absolute Gasteiger partial charge is 0.131 e. The van der Waals surface area contributed by atoms with Gasteiger partial charge >= 0.3 is 0 Å². The van der Waals surface area contributed by atoms with Gasteiger partial charge in [0.2, 0.25) is 0 Å². The number of carbonyl (C=O) groups is 1. The summed E-state index contributed by atoms with van der Waals surface area (Å²) >= 11 is 0. The first kappa shape index (κ1) is 14.3. The number of hydrogen-bond acceptors (Lipinski definition) is 3. The molecule has 19 heavy (non-hydrogen) atoms. The Hall–Kier alpha value is -1.16. The molecule has 0 N–H and O–H groups in total. The van der Waals surface area contributed by atoms with Crippen LogP contribution in [0.1, 0.15) is 51.5 Å². The Morgan fingerprint density at radius 2 is 2.26 bits per heavy atom. The lowest BCUT2D eigenvalue weighted by atomic mass is 10.0. The quantitative estimate of drug-likeness (QED) is 0.819. The molecule has 0 radical (unpaired) electrons. The fourth-order valence-corrected chi connectivity index (χ4v) is 2.90. The zero-order valence-corrected chi connectivity index (χ0v) is 12.1. The van der Waals surface area contributed by atoms with Crippen LogP contribution < -0.4 is 0 Å². The Labute approximate surface area is 115 Å². The monoisotopic (exact) mass is 263 g/mol. The SMILES string of the molecule is CCn1cc(CN2CCCCCC2CC(C)=O)cn1. The van der Waals surface area contributed by atoms with E-state index in [-0.39, 0.29) is 0 Å². The molecule has 4 nitrogen and oxygen atoms in total. The minimum Gasteiger partial charge on any atom is -0.300 e. The van der Waals surface area contributed by atoms with Crippen molar-refractivity contribution in [3.05, 3.63) is 18.0 Å². The average Bonchev–Trinajstić information content (AvgIpc) is 2.72. The summed E-state index contributed by atoms with van der Waals surface area (Å²) in [5.74, 6) is 0.307. The molecule has 2 rings (SSSR count). The Morgan fingerprint density at radius 1 is 1.42 bits per heavy atom. The van der Waals surface area contributed by atoms with Crippen molar-refractivity contribution >= 4 is 5.78 Å². The Kier molecular flexibility index (Phi) is 5.14. The van der Waals surface area contributed by atoms with Crippen LogP contribution in [0.15, 0.2) is 12.4 Å². The summed E-state index contributed by atoms with van der Waals surface area (Å²) in [4.78, 5) is 13.9. The van der Waals surface area contributed by atoms with E-state index >= 15 is 0 Å². The predicted octanol–water partition coefficient (Wildman–Crippen LogP) is 2.63. The molecule has 1 fully saturated rings. The molecule has 1 aliphatic rings. The lowest BCUT2D eigenvalue weighted by molar-refractivity contribution is -0.118. The van der Waals surface area contributed by atoms with Crippen LogP contribution in [0.5, 0.6) is 0 Å². The number of Topliss-reactive ketones (excluding diaryl/α,β-unsaturated/α-hetero) is 1. The molecule has 2 heterocycles. The van der Waals surface area contributed by atoms with Crippen LogP contribution in [-0.2, 0) is 17.9 Å². The molecule has 1 atom stereocenters. The molecule has 106 valence electrons. The number of hydrogen-bond donors (Lipinski definition) is 0. The molecule has 0 bridgehead atoms. The fourth-order valence-electron chi connectivity index (χ4n) is 2.90. The minimum atomic E-state index is 0.307. The van der Waals surface area contributed by atoms with Crippen LogP contribution in [0.3, 0.4) is 0 Å². The van der Waals surface area contributed by atoms with Gasteiger partial charge in [0.25, 0.3) is 0 Å². The van der Waals surface area contributed by atoms with Crippen molar-refractivity contribution in [2.24, 2.45) is 0 Å². The second-order valence-electron chi connectivity index (χ2n) is 5.58. The van der Waals surface area contributed by atoms with Gasteiger partial charge in [-0.25, -0.2) is 0 Å². The normalized spacial score (nSPS) is 21.3. The lowest BCUT2D eigenvalue weighted by Crippen LogP contribution is -2.35. The van der Waals surface area contributed by atoms with E-state index in [2.05, 4.69) is 23.1 Å². The number of likely N-dealkylation sites (tertiary alicyclic amines) is 1. The van der Waals surface area contributed by atoms with Gasteiger partial charge in [-0.3, -0.25) is 14.4 Å². The third-order valence-electron chi connectivity index (χ3n) is 3.92. The molecule has 0 saturated carbocycles. The molecule has 0 amide bonds. The molecule has 1 aromatic rings. The number of carbonyl (C=O) groups excluding carboxylic acids is 1. The number of nitrogens with zero attached hydrogens (tertiary/aromatic N) is 3. The highest BCUT2D eigenvalue weighted by atomic mass is 16.1. The number of ketones is 1. The van der Waals surface area contributed by atoms with Gasteiger partial charge in [-0.1, -0.05) is 12.8 Å². The van der Waals surface area contributed by atoms with E-state index in [1.807, 2.05) is 10.9 Å². The maximum Gasteiger partial charge on any atom is 0.131 e. The minimum absolute atomic E-state index is 0.307. The lowest BCUT2D eigenvalue weighted by Gasteiger charge is -2.28. The predicted molar refractivity (Wildman–Crippen MR) is 75.9 cm³/mol. The first-order valence-corrected chi connectivity index (χ1v) is 7.44. The summed E-state index contributed by atoms with van der Waals surface area (Å²) < 4.78 is 1.97. The van der Waals surface area contributed by atoms with Gasteiger partial charge in [0.05, 0.1) is 6.20 Å². The molecule has 0 aromatic carbocycles. The summed E-state index contributed by atoms with van der Waals surface area (Å²) in [5, 5.41) is 4.33. The van der Waals surface area contributed by atoms with Gasteiger partial charge in [0, 0.05) is 37.3 Å². The zero-order valence-electron chi connectivity index (χ0n) is 12.1. The van der Waals surface area contributed by atoms with Gasteiger partial charge in [-0.05, 0) is 33.2 Å². The first-order valence-electron chi connectivity index (χ1n) is 7.44. The van der Waals surface area contributed by atoms with Crippen molar-refractivity contribution in [1.29, 1.82) is 0 Å². The van der Waals surface area contributed by atoms with Crippen LogP contribution in [0, 0.1) is 0 Å². The van der Waals surface area contributed by atoms with Crippen LogP contribution in [0.25, 0.3) is 0 Å². The molecular weight excluding hydrogens is 238 g/mol. The largest absolute Gasteiger partial charge is 0.300 e. The number of rotatable bonds is 5. The molecule has 1 unspecified atom stereocenters. The van der Waals surface area contributed by atoms with E-state index in [4.69, 9.17) is 0 Å². The van der Waals surface area contributed by atoms with E-state index in [9.17, 15) is 4.79 Å². The van der Waals surface area contributed by atoms with Crippen LogP contribution in [-0.4, -0.2) is 33.1 Å². The van der Waals surface area contributed by atoms with Crippen molar-refractivity contribution in [3.8, 4) is 0 Å². The molecule has 1 aromatic heterocycles. The second kappa shape index (κ2) is 6.85. The molecule has 0 aliphatic carbocycles. The van der Waals surface area contributed by atoms with Crippen molar-refractivity contribution in [1.82, 2.24) is 14.7 Å². The van der Waals surface area contributed by atoms with E-state index in [0.717, 1.165) is 26.1 Å². The van der Waals surface area contributed by atoms with E-state index in [1.54, 1.807) is 6.92 Å². The number of aromatic nitrogens is 2. The topological polar surface area (TPSA) is 38.1 Å². The Morgan fingerprint density at radius 3 is 2.95 bits per heavy atom. The molecular formula is C15H25N3O. The molecule has 0 spiro atoms. The third kappa shape index (κ3) is 4.16. The standard InChI is InChI=1S/C15H25N3O/c1-3-18-12-14(10-16-18)11-17-8-6-4-5-7-15(17)9-13(2)19/h10,12,15H,3-9,11H2,1-2H3. The average molecular weight is 263 g/mol. The van der Waals surface area contributed by atoms with Gasteiger partial charge in [-0.2, -0.15) is 5.10 Å². The van der Waals surface area contributed by atoms with Gasteiger partial charge in [0.15, 0.2) is 0 Å². The molecule has 1 aliphatic heterocycles. The van der Waals surface area contributed by atoms with E-state index < -0.39 is 0 Å². The highest BCUT2D eigenvalue weighted by molar-refractivity contribution is 5.76. The summed E-state index contributed by atoms with van der Waals surface area (Å²) in [6, 6.07) is 0.421. The summed E-state index contributed by atoms with van der Waals surface area (Å²) in [7, 11) is 0. The first-order chi connectivity index (χ1) is 9.19. The molecule has 1 saturated heterocycles. The summed E-state index contributed by atoms with van der Waals surface area (Å²) in [6.07, 6.45) is 9.72. The fraction of sp³-hybridized carbons (Fsp3) is 0.733. The van der Waals surface area contributed by atoms with Gasteiger partial charge in [0.1, 0.15) is 5.78 Å². The van der Waals surface area contributed by atoms with Crippen molar-refractivity contribution in [2.45, 2.75) is 65.1 Å². The maximum atomic E-state index is 11.4. The second-order valence-corrected chi connectivity index (χ2v) is 5.58. The third-order valence-corrected chi connectivity index (χ3v) is 3.92. The van der Waals surface area contributed by atoms with Crippen LogP contribution in [0.2, 0.25) is 0 Å². The van der Waals surface area contributed by atoms with Crippen molar-refractivity contribution in [2.75, 3.05) is 6.54 Å². The summed E-state index contributed by atoms with van der Waals surface area (Å²) in [5.41, 5.74) is 1.26. The zero-order chi connectivity index (χ0) is 13.7. The van der Waals surface area contributed by atoms with Gasteiger partial charge in [-0.15, -0.1) is 0 Å². The van der Waals surface area contributed by atoms with Crippen molar-refractivity contribution in [3.63, 3.8) is 0 Å².